The zero-order chi connectivity index (χ0) is 23.7. The summed E-state index contributed by atoms with van der Waals surface area (Å²) in [7, 11) is 0. The van der Waals surface area contributed by atoms with E-state index in [1.165, 1.54) is 0 Å². The summed E-state index contributed by atoms with van der Waals surface area (Å²) in [4.78, 5) is 1.94. The van der Waals surface area contributed by atoms with Crippen molar-refractivity contribution in [3.05, 3.63) is 95.1 Å². The number of anilines is 3. The van der Waals surface area contributed by atoms with Crippen LogP contribution in [0, 0.1) is 27.7 Å². The molecule has 0 saturated carbocycles. The van der Waals surface area contributed by atoms with Crippen LogP contribution in [0.4, 0.5) is 17.1 Å². The fraction of sp³-hybridized carbons (Fsp3) is 0.143. The van der Waals surface area contributed by atoms with Gasteiger partial charge in [0, 0.05) is 29.2 Å². The standard InChI is InChI=1S/C28H27NO4/c1-17-7-14-25(30)28(20(17)4)33-24-12-10-21(11-13-24)29(22-8-5-18(2)26(31)15-22)23-9-6-19(3)27(32)16-23/h5-16,30-32H,1-4H3. The molecule has 0 aliphatic carbocycles. The Kier molecular flexibility index (Phi) is 5.88. The fourth-order valence-electron chi connectivity index (χ4n) is 3.61. The molecule has 0 saturated heterocycles. The van der Waals surface area contributed by atoms with Gasteiger partial charge in [-0.25, -0.2) is 0 Å². The van der Waals surface area contributed by atoms with Crippen molar-refractivity contribution in [1.82, 2.24) is 0 Å². The maximum absolute atomic E-state index is 10.3. The van der Waals surface area contributed by atoms with E-state index in [1.54, 1.807) is 18.2 Å². The third-order valence-electron chi connectivity index (χ3n) is 5.87. The third-order valence-corrected chi connectivity index (χ3v) is 5.87. The molecular weight excluding hydrogens is 414 g/mol. The van der Waals surface area contributed by atoms with Gasteiger partial charge < -0.3 is 25.0 Å². The van der Waals surface area contributed by atoms with Crippen LogP contribution < -0.4 is 9.64 Å². The Balaban J connectivity index is 1.74. The van der Waals surface area contributed by atoms with E-state index in [0.29, 0.717) is 11.5 Å². The number of benzene rings is 4. The van der Waals surface area contributed by atoms with Crippen molar-refractivity contribution in [2.24, 2.45) is 0 Å². The van der Waals surface area contributed by atoms with Crippen molar-refractivity contribution in [3.63, 3.8) is 0 Å². The molecule has 5 nitrogen and oxygen atoms in total. The Hall–Kier alpha value is -4.12. The molecule has 33 heavy (non-hydrogen) atoms. The van der Waals surface area contributed by atoms with Gasteiger partial charge in [-0.15, -0.1) is 0 Å². The lowest BCUT2D eigenvalue weighted by molar-refractivity contribution is 0.408. The molecule has 0 aromatic heterocycles. The van der Waals surface area contributed by atoms with Gasteiger partial charge in [-0.05, 0) is 92.4 Å². The molecule has 3 N–H and O–H groups in total. The van der Waals surface area contributed by atoms with Gasteiger partial charge >= 0.3 is 0 Å². The van der Waals surface area contributed by atoms with Gasteiger partial charge in [0.15, 0.2) is 11.5 Å². The number of aromatic hydroxyl groups is 3. The summed E-state index contributed by atoms with van der Waals surface area (Å²) < 4.78 is 5.99. The SMILES string of the molecule is Cc1ccc(N(c2ccc(Oc3c(O)ccc(C)c3C)cc2)c2ccc(C)c(O)c2)cc1O. The second-order valence-corrected chi connectivity index (χ2v) is 8.23. The molecule has 4 aromatic carbocycles. The largest absolute Gasteiger partial charge is 0.508 e. The van der Waals surface area contributed by atoms with Crippen molar-refractivity contribution in [3.8, 4) is 28.7 Å². The van der Waals surface area contributed by atoms with Crippen LogP contribution in [-0.2, 0) is 0 Å². The fourth-order valence-corrected chi connectivity index (χ4v) is 3.61. The highest BCUT2D eigenvalue weighted by Crippen LogP contribution is 2.40. The summed E-state index contributed by atoms with van der Waals surface area (Å²) in [6, 6.07) is 21.9. The second-order valence-electron chi connectivity index (χ2n) is 8.23. The molecule has 0 heterocycles. The van der Waals surface area contributed by atoms with Crippen LogP contribution in [0.3, 0.4) is 0 Å². The van der Waals surface area contributed by atoms with Crippen molar-refractivity contribution in [1.29, 1.82) is 0 Å². The Morgan fingerprint density at radius 3 is 1.55 bits per heavy atom. The Morgan fingerprint density at radius 1 is 0.545 bits per heavy atom. The molecule has 0 unspecified atom stereocenters. The van der Waals surface area contributed by atoms with Crippen molar-refractivity contribution < 1.29 is 20.1 Å². The number of phenolic OH excluding ortho intramolecular Hbond substituents is 3. The molecule has 168 valence electrons. The highest BCUT2D eigenvalue weighted by Gasteiger charge is 2.16. The van der Waals surface area contributed by atoms with Gasteiger partial charge in [0.05, 0.1) is 0 Å². The Bertz CT molecular complexity index is 1260. The minimum Gasteiger partial charge on any atom is -0.508 e. The lowest BCUT2D eigenvalue weighted by atomic mass is 10.1. The van der Waals surface area contributed by atoms with Crippen LogP contribution in [-0.4, -0.2) is 15.3 Å². The summed E-state index contributed by atoms with van der Waals surface area (Å²) in [6.07, 6.45) is 0. The van der Waals surface area contributed by atoms with E-state index >= 15 is 0 Å². The van der Waals surface area contributed by atoms with Crippen molar-refractivity contribution in [2.75, 3.05) is 4.90 Å². The van der Waals surface area contributed by atoms with Crippen LogP contribution >= 0.6 is 0 Å². The van der Waals surface area contributed by atoms with Crippen LogP contribution in [0.15, 0.2) is 72.8 Å². The number of phenols is 3. The molecule has 0 aliphatic rings. The number of nitrogens with zero attached hydrogens (tertiary/aromatic N) is 1. The first kappa shape index (κ1) is 22.1. The van der Waals surface area contributed by atoms with Gasteiger partial charge in [-0.2, -0.15) is 0 Å². The average molecular weight is 442 g/mol. The van der Waals surface area contributed by atoms with E-state index < -0.39 is 0 Å². The number of hydrogen-bond acceptors (Lipinski definition) is 5. The first-order valence-electron chi connectivity index (χ1n) is 10.7. The van der Waals surface area contributed by atoms with Crippen molar-refractivity contribution >= 4 is 17.1 Å². The molecule has 4 aromatic rings. The highest BCUT2D eigenvalue weighted by atomic mass is 16.5. The van der Waals surface area contributed by atoms with E-state index in [4.69, 9.17) is 4.74 Å². The second kappa shape index (κ2) is 8.79. The molecular formula is C28H27NO4. The number of hydrogen-bond donors (Lipinski definition) is 3. The first-order valence-corrected chi connectivity index (χ1v) is 10.7. The smallest absolute Gasteiger partial charge is 0.172 e. The van der Waals surface area contributed by atoms with E-state index in [9.17, 15) is 15.3 Å². The van der Waals surface area contributed by atoms with Gasteiger partial charge in [0.25, 0.3) is 0 Å². The molecule has 0 amide bonds. The molecule has 0 bridgehead atoms. The van der Waals surface area contributed by atoms with Gasteiger partial charge in [-0.3, -0.25) is 0 Å². The van der Waals surface area contributed by atoms with Gasteiger partial charge in [-0.1, -0.05) is 18.2 Å². The van der Waals surface area contributed by atoms with Crippen LogP contribution in [0.5, 0.6) is 28.7 Å². The summed E-state index contributed by atoms with van der Waals surface area (Å²) in [6.45, 7) is 7.57. The lowest BCUT2D eigenvalue weighted by Crippen LogP contribution is -2.10. The predicted molar refractivity (Wildman–Crippen MR) is 132 cm³/mol. The summed E-state index contributed by atoms with van der Waals surface area (Å²) in [5.74, 6) is 1.50. The number of ether oxygens (including phenoxy) is 1. The van der Waals surface area contributed by atoms with Crippen LogP contribution in [0.1, 0.15) is 22.3 Å². The van der Waals surface area contributed by atoms with E-state index in [1.807, 2.05) is 87.2 Å². The Morgan fingerprint density at radius 2 is 1.03 bits per heavy atom. The summed E-state index contributed by atoms with van der Waals surface area (Å²) >= 11 is 0. The van der Waals surface area contributed by atoms with E-state index in [2.05, 4.69) is 0 Å². The molecule has 0 atom stereocenters. The molecule has 0 radical (unpaired) electrons. The zero-order valence-electron chi connectivity index (χ0n) is 19.1. The van der Waals surface area contributed by atoms with E-state index in [0.717, 1.165) is 39.3 Å². The van der Waals surface area contributed by atoms with Gasteiger partial charge in [0.2, 0.25) is 0 Å². The topological polar surface area (TPSA) is 73.2 Å². The monoisotopic (exact) mass is 441 g/mol. The third kappa shape index (κ3) is 4.44. The molecule has 0 fully saturated rings. The molecule has 5 heteroatoms. The maximum atomic E-state index is 10.3. The highest BCUT2D eigenvalue weighted by molar-refractivity contribution is 5.78. The molecule has 4 rings (SSSR count). The minimum atomic E-state index is 0.0917. The van der Waals surface area contributed by atoms with Crippen molar-refractivity contribution in [2.45, 2.75) is 27.7 Å². The van der Waals surface area contributed by atoms with Crippen LogP contribution in [0.2, 0.25) is 0 Å². The maximum Gasteiger partial charge on any atom is 0.172 e. The quantitative estimate of drug-likeness (QED) is 0.303. The summed E-state index contributed by atoms with van der Waals surface area (Å²) in [5.41, 5.74) is 5.79. The van der Waals surface area contributed by atoms with Gasteiger partial charge in [0.1, 0.15) is 17.2 Å². The first-order chi connectivity index (χ1) is 15.7. The number of aryl methyl sites for hydroxylation is 3. The minimum absolute atomic E-state index is 0.0917. The molecule has 0 aliphatic heterocycles. The Labute approximate surface area is 193 Å². The zero-order valence-corrected chi connectivity index (χ0v) is 19.1. The summed E-state index contributed by atoms with van der Waals surface area (Å²) in [5, 5.41) is 30.8. The predicted octanol–water partition coefficient (Wildman–Crippen LogP) is 7.30. The average Bonchev–Trinajstić information content (AvgIpc) is 2.80. The van der Waals surface area contributed by atoms with Crippen LogP contribution in [0.25, 0.3) is 0 Å². The molecule has 0 spiro atoms. The van der Waals surface area contributed by atoms with E-state index in [-0.39, 0.29) is 17.2 Å². The lowest BCUT2D eigenvalue weighted by Gasteiger charge is -2.26. The number of rotatable bonds is 5. The normalized spacial score (nSPS) is 10.8.